The third-order valence-electron chi connectivity index (χ3n) is 5.15. The van der Waals surface area contributed by atoms with Crippen molar-refractivity contribution >= 4 is 11.6 Å². The molecule has 4 heteroatoms. The Morgan fingerprint density at radius 1 is 1.04 bits per heavy atom. The van der Waals surface area contributed by atoms with Crippen LogP contribution < -0.4 is 14.4 Å². The number of carbonyl (C=O) groups is 1. The van der Waals surface area contributed by atoms with Crippen molar-refractivity contribution in [2.75, 3.05) is 24.7 Å². The van der Waals surface area contributed by atoms with Gasteiger partial charge in [-0.1, -0.05) is 24.3 Å². The highest BCUT2D eigenvalue weighted by Gasteiger charge is 2.36. The van der Waals surface area contributed by atoms with Crippen molar-refractivity contribution in [3.63, 3.8) is 0 Å². The Balaban J connectivity index is 1.68. The van der Waals surface area contributed by atoms with Crippen molar-refractivity contribution in [3.05, 3.63) is 53.6 Å². The summed E-state index contributed by atoms with van der Waals surface area (Å²) in [6.07, 6.45) is 2.03. The molecule has 0 aliphatic carbocycles. The molecule has 4 rings (SSSR count). The van der Waals surface area contributed by atoms with E-state index >= 15 is 0 Å². The third kappa shape index (κ3) is 2.76. The van der Waals surface area contributed by atoms with Crippen LogP contribution >= 0.6 is 0 Å². The molecule has 2 aromatic rings. The quantitative estimate of drug-likeness (QED) is 0.838. The fourth-order valence-corrected chi connectivity index (χ4v) is 3.64. The molecular formula is C21H23NO3. The van der Waals surface area contributed by atoms with Crippen molar-refractivity contribution < 1.29 is 14.3 Å². The maximum Gasteiger partial charge on any atom is 0.237 e. The summed E-state index contributed by atoms with van der Waals surface area (Å²) in [4.78, 5) is 15.3. The number of nitrogens with zero attached hydrogens (tertiary/aromatic N) is 1. The molecule has 0 saturated heterocycles. The van der Waals surface area contributed by atoms with Crippen LogP contribution in [0, 0.1) is 0 Å². The second kappa shape index (κ2) is 6.10. The van der Waals surface area contributed by atoms with Crippen molar-refractivity contribution in [2.24, 2.45) is 0 Å². The zero-order chi connectivity index (χ0) is 17.4. The zero-order valence-electron chi connectivity index (χ0n) is 14.7. The average molecular weight is 337 g/mol. The molecule has 130 valence electrons. The SMILES string of the molecule is CC(C)(C(=O)N1CCCc2ccccc21)c1ccc2c(c1)OCCO2. The van der Waals surface area contributed by atoms with Crippen LogP contribution in [-0.4, -0.2) is 25.7 Å². The molecule has 25 heavy (non-hydrogen) atoms. The largest absolute Gasteiger partial charge is 0.486 e. The van der Waals surface area contributed by atoms with Gasteiger partial charge < -0.3 is 14.4 Å². The number of hydrogen-bond acceptors (Lipinski definition) is 3. The van der Waals surface area contributed by atoms with Gasteiger partial charge >= 0.3 is 0 Å². The molecule has 0 aromatic heterocycles. The predicted molar refractivity (Wildman–Crippen MR) is 97.6 cm³/mol. The molecule has 2 aromatic carbocycles. The van der Waals surface area contributed by atoms with E-state index in [0.717, 1.165) is 42.1 Å². The minimum atomic E-state index is -0.639. The number of fused-ring (bicyclic) bond motifs is 2. The minimum absolute atomic E-state index is 0.122. The van der Waals surface area contributed by atoms with Crippen LogP contribution in [0.15, 0.2) is 42.5 Å². The second-order valence-electron chi connectivity index (χ2n) is 7.17. The lowest BCUT2D eigenvalue weighted by Gasteiger charge is -2.36. The summed E-state index contributed by atoms with van der Waals surface area (Å²) in [5.41, 5.74) is 2.61. The summed E-state index contributed by atoms with van der Waals surface area (Å²) in [7, 11) is 0. The third-order valence-corrected chi connectivity index (χ3v) is 5.15. The molecule has 2 aliphatic heterocycles. The number of para-hydroxylation sites is 1. The van der Waals surface area contributed by atoms with Crippen molar-refractivity contribution in [1.29, 1.82) is 0 Å². The Kier molecular flexibility index (Phi) is 3.91. The van der Waals surface area contributed by atoms with Gasteiger partial charge in [0.25, 0.3) is 0 Å². The van der Waals surface area contributed by atoms with Gasteiger partial charge in [-0.25, -0.2) is 0 Å². The van der Waals surface area contributed by atoms with Crippen LogP contribution in [0.5, 0.6) is 11.5 Å². The lowest BCUT2D eigenvalue weighted by Crippen LogP contribution is -2.46. The van der Waals surface area contributed by atoms with Gasteiger partial charge in [-0.15, -0.1) is 0 Å². The van der Waals surface area contributed by atoms with E-state index in [4.69, 9.17) is 9.47 Å². The van der Waals surface area contributed by atoms with E-state index in [-0.39, 0.29) is 5.91 Å². The van der Waals surface area contributed by atoms with E-state index in [0.29, 0.717) is 13.2 Å². The number of benzene rings is 2. The highest BCUT2D eigenvalue weighted by atomic mass is 16.6. The molecule has 2 aliphatic rings. The minimum Gasteiger partial charge on any atom is -0.486 e. The highest BCUT2D eigenvalue weighted by molar-refractivity contribution is 6.01. The molecule has 0 unspecified atom stereocenters. The lowest BCUT2D eigenvalue weighted by atomic mass is 9.82. The number of rotatable bonds is 2. The lowest BCUT2D eigenvalue weighted by molar-refractivity contribution is -0.123. The molecule has 0 atom stereocenters. The van der Waals surface area contributed by atoms with Crippen molar-refractivity contribution in [1.82, 2.24) is 0 Å². The van der Waals surface area contributed by atoms with Crippen molar-refractivity contribution in [3.8, 4) is 11.5 Å². The fourth-order valence-electron chi connectivity index (χ4n) is 3.64. The van der Waals surface area contributed by atoms with Gasteiger partial charge in [0.05, 0.1) is 5.41 Å². The van der Waals surface area contributed by atoms with Crippen molar-refractivity contribution in [2.45, 2.75) is 32.1 Å². The molecule has 0 fully saturated rings. The van der Waals surface area contributed by atoms with Crippen LogP contribution in [-0.2, 0) is 16.6 Å². The first-order chi connectivity index (χ1) is 12.1. The van der Waals surface area contributed by atoms with Crippen LogP contribution in [0.4, 0.5) is 5.69 Å². The van der Waals surface area contributed by atoms with Gasteiger partial charge in [0, 0.05) is 12.2 Å². The van der Waals surface area contributed by atoms with E-state index in [9.17, 15) is 4.79 Å². The van der Waals surface area contributed by atoms with Crippen LogP contribution in [0.25, 0.3) is 0 Å². The summed E-state index contributed by atoms with van der Waals surface area (Å²) in [6, 6.07) is 14.0. The number of carbonyl (C=O) groups excluding carboxylic acids is 1. The fraction of sp³-hybridized carbons (Fsp3) is 0.381. The van der Waals surface area contributed by atoms with Crippen LogP contribution in [0.2, 0.25) is 0 Å². The van der Waals surface area contributed by atoms with Gasteiger partial charge in [-0.3, -0.25) is 4.79 Å². The Morgan fingerprint density at radius 2 is 1.80 bits per heavy atom. The summed E-state index contributed by atoms with van der Waals surface area (Å²) in [6.45, 7) is 5.85. The number of amides is 1. The molecule has 0 saturated carbocycles. The smallest absolute Gasteiger partial charge is 0.237 e. The van der Waals surface area contributed by atoms with E-state index in [2.05, 4.69) is 6.07 Å². The van der Waals surface area contributed by atoms with E-state index in [1.807, 2.05) is 55.1 Å². The maximum atomic E-state index is 13.4. The van der Waals surface area contributed by atoms with E-state index < -0.39 is 5.41 Å². The Bertz CT molecular complexity index is 813. The Morgan fingerprint density at radius 3 is 2.64 bits per heavy atom. The predicted octanol–water partition coefficient (Wildman–Crippen LogP) is 3.71. The molecule has 1 amide bonds. The number of hydrogen-bond donors (Lipinski definition) is 0. The molecule has 4 nitrogen and oxygen atoms in total. The molecule has 0 radical (unpaired) electrons. The normalized spacial score (nSPS) is 16.3. The number of aryl methyl sites for hydroxylation is 1. The topological polar surface area (TPSA) is 38.8 Å². The standard InChI is InChI=1S/C21H23NO3/c1-21(2,16-9-10-18-19(14-16)25-13-12-24-18)20(23)22-11-5-7-15-6-3-4-8-17(15)22/h3-4,6,8-10,14H,5,7,11-13H2,1-2H3. The van der Waals surface area contributed by atoms with Gasteiger partial charge in [-0.05, 0) is 56.0 Å². The number of ether oxygens (including phenoxy) is 2. The average Bonchev–Trinajstić information content (AvgIpc) is 2.66. The first kappa shape index (κ1) is 16.0. The van der Waals surface area contributed by atoms with Gasteiger partial charge in [0.1, 0.15) is 13.2 Å². The summed E-state index contributed by atoms with van der Waals surface area (Å²) >= 11 is 0. The zero-order valence-corrected chi connectivity index (χ0v) is 14.7. The molecular weight excluding hydrogens is 314 g/mol. The van der Waals surface area contributed by atoms with Gasteiger partial charge in [0.2, 0.25) is 5.91 Å². The monoisotopic (exact) mass is 337 g/mol. The Labute approximate surface area is 148 Å². The first-order valence-electron chi connectivity index (χ1n) is 8.87. The Hall–Kier alpha value is -2.49. The van der Waals surface area contributed by atoms with Crippen LogP contribution in [0.3, 0.4) is 0 Å². The molecule has 2 heterocycles. The molecule has 0 spiro atoms. The maximum absolute atomic E-state index is 13.4. The first-order valence-corrected chi connectivity index (χ1v) is 8.87. The summed E-state index contributed by atoms with van der Waals surface area (Å²) in [5, 5.41) is 0. The second-order valence-corrected chi connectivity index (χ2v) is 7.17. The van der Waals surface area contributed by atoms with Gasteiger partial charge in [-0.2, -0.15) is 0 Å². The summed E-state index contributed by atoms with van der Waals surface area (Å²) < 4.78 is 11.3. The number of anilines is 1. The van der Waals surface area contributed by atoms with Gasteiger partial charge in [0.15, 0.2) is 11.5 Å². The highest BCUT2D eigenvalue weighted by Crippen LogP contribution is 2.37. The molecule has 0 N–H and O–H groups in total. The van der Waals surface area contributed by atoms with E-state index in [1.54, 1.807) is 0 Å². The van der Waals surface area contributed by atoms with E-state index in [1.165, 1.54) is 5.56 Å². The van der Waals surface area contributed by atoms with Crippen LogP contribution in [0.1, 0.15) is 31.4 Å². The summed E-state index contributed by atoms with van der Waals surface area (Å²) in [5.74, 6) is 1.60. The molecule has 0 bridgehead atoms.